The molecule has 0 aliphatic carbocycles. The van der Waals surface area contributed by atoms with Crippen molar-refractivity contribution >= 4 is 5.91 Å². The van der Waals surface area contributed by atoms with Gasteiger partial charge in [-0.05, 0) is 23.1 Å². The van der Waals surface area contributed by atoms with Crippen LogP contribution in [-0.4, -0.2) is 17.0 Å². The van der Waals surface area contributed by atoms with Crippen molar-refractivity contribution in [2.24, 2.45) is 7.05 Å². The van der Waals surface area contributed by atoms with Crippen LogP contribution in [0.3, 0.4) is 0 Å². The molecule has 1 heterocycles. The molecule has 0 radical (unpaired) electrons. The Morgan fingerprint density at radius 1 is 0.882 bits per heavy atom. The normalized spacial score (nSPS) is 10.8. The van der Waals surface area contributed by atoms with Crippen molar-refractivity contribution in [2.45, 2.75) is 18.9 Å². The van der Waals surface area contributed by atoms with Gasteiger partial charge in [-0.15, -0.1) is 0 Å². The minimum Gasteiger partial charge on any atom is -0.483 e. The second-order valence-corrected chi connectivity index (χ2v) is 8.19. The summed E-state index contributed by atoms with van der Waals surface area (Å²) in [6, 6.07) is 31.5. The van der Waals surface area contributed by atoms with E-state index in [0.29, 0.717) is 18.8 Å². The van der Waals surface area contributed by atoms with Gasteiger partial charge >= 0.3 is 0 Å². The van der Waals surface area contributed by atoms with E-state index in [1.807, 2.05) is 66.7 Å². The van der Waals surface area contributed by atoms with E-state index >= 15 is 0 Å². The fourth-order valence-electron chi connectivity index (χ4n) is 3.99. The Balaban J connectivity index is 1.41. The van der Waals surface area contributed by atoms with Gasteiger partial charge in [-0.25, -0.2) is 0 Å². The number of rotatable bonds is 9. The van der Waals surface area contributed by atoms with E-state index < -0.39 is 0 Å². The molecule has 0 atom stereocenters. The van der Waals surface area contributed by atoms with Crippen molar-refractivity contribution in [1.82, 2.24) is 9.88 Å². The molecule has 172 valence electrons. The highest BCUT2D eigenvalue weighted by molar-refractivity contribution is 5.92. The summed E-state index contributed by atoms with van der Waals surface area (Å²) >= 11 is 0. The number of hydrogen-bond donors (Lipinski definition) is 1. The second-order valence-electron chi connectivity index (χ2n) is 8.19. The van der Waals surface area contributed by atoms with Gasteiger partial charge in [0, 0.05) is 25.6 Å². The SMILES string of the molecule is Cn1cc(OCc2ccccc2)c(=O)cc1C(=O)NCCC(c1ccccc1)c1ccccc1. The molecular formula is C29H28N2O3. The van der Waals surface area contributed by atoms with E-state index in [2.05, 4.69) is 29.6 Å². The monoisotopic (exact) mass is 452 g/mol. The minimum absolute atomic E-state index is 0.167. The first kappa shape index (κ1) is 23.1. The molecular weight excluding hydrogens is 424 g/mol. The lowest BCUT2D eigenvalue weighted by Gasteiger charge is -2.19. The topological polar surface area (TPSA) is 60.3 Å². The van der Waals surface area contributed by atoms with E-state index in [4.69, 9.17) is 4.74 Å². The zero-order chi connectivity index (χ0) is 23.8. The molecule has 1 amide bonds. The molecule has 0 aliphatic rings. The Morgan fingerprint density at radius 3 is 2.03 bits per heavy atom. The maximum atomic E-state index is 12.9. The summed E-state index contributed by atoms with van der Waals surface area (Å²) in [6.45, 7) is 0.774. The maximum Gasteiger partial charge on any atom is 0.268 e. The van der Waals surface area contributed by atoms with Crippen molar-refractivity contribution in [3.05, 3.63) is 136 Å². The maximum absolute atomic E-state index is 12.9. The summed E-state index contributed by atoms with van der Waals surface area (Å²) in [7, 11) is 1.74. The lowest BCUT2D eigenvalue weighted by molar-refractivity contribution is 0.0943. The van der Waals surface area contributed by atoms with Gasteiger partial charge in [0.2, 0.25) is 5.43 Å². The number of hydrogen-bond acceptors (Lipinski definition) is 3. The fourth-order valence-corrected chi connectivity index (χ4v) is 3.99. The van der Waals surface area contributed by atoms with E-state index in [0.717, 1.165) is 12.0 Å². The van der Waals surface area contributed by atoms with Gasteiger partial charge in [0.05, 0.1) is 6.20 Å². The van der Waals surface area contributed by atoms with Crippen molar-refractivity contribution in [2.75, 3.05) is 6.54 Å². The van der Waals surface area contributed by atoms with Crippen LogP contribution in [-0.2, 0) is 13.7 Å². The van der Waals surface area contributed by atoms with Gasteiger partial charge < -0.3 is 14.6 Å². The quantitative estimate of drug-likeness (QED) is 0.392. The van der Waals surface area contributed by atoms with Gasteiger partial charge in [-0.3, -0.25) is 9.59 Å². The molecule has 34 heavy (non-hydrogen) atoms. The number of aryl methyl sites for hydroxylation is 1. The number of ether oxygens (including phenoxy) is 1. The predicted molar refractivity (Wildman–Crippen MR) is 134 cm³/mol. The molecule has 0 unspecified atom stereocenters. The Bertz CT molecular complexity index is 1230. The number of pyridine rings is 1. The Morgan fingerprint density at radius 2 is 1.44 bits per heavy atom. The first-order valence-electron chi connectivity index (χ1n) is 11.4. The van der Waals surface area contributed by atoms with Crippen molar-refractivity contribution < 1.29 is 9.53 Å². The molecule has 5 nitrogen and oxygen atoms in total. The number of carbonyl (C=O) groups excluding carboxylic acids is 1. The summed E-state index contributed by atoms with van der Waals surface area (Å²) in [4.78, 5) is 25.4. The van der Waals surface area contributed by atoms with E-state index in [1.54, 1.807) is 17.8 Å². The zero-order valence-electron chi connectivity index (χ0n) is 19.2. The van der Waals surface area contributed by atoms with Gasteiger partial charge in [0.1, 0.15) is 12.3 Å². The molecule has 0 spiro atoms. The first-order valence-corrected chi connectivity index (χ1v) is 11.4. The molecule has 0 aliphatic heterocycles. The smallest absolute Gasteiger partial charge is 0.268 e. The fraction of sp³-hybridized carbons (Fsp3) is 0.172. The third kappa shape index (κ3) is 5.81. The Kier molecular flexibility index (Phi) is 7.56. The third-order valence-electron chi connectivity index (χ3n) is 5.79. The molecule has 5 heteroatoms. The van der Waals surface area contributed by atoms with Crippen LogP contribution in [0, 0.1) is 0 Å². The van der Waals surface area contributed by atoms with Crippen molar-refractivity contribution in [1.29, 1.82) is 0 Å². The van der Waals surface area contributed by atoms with Gasteiger partial charge in [0.15, 0.2) is 5.75 Å². The van der Waals surface area contributed by atoms with Gasteiger partial charge in [-0.2, -0.15) is 0 Å². The summed E-state index contributed by atoms with van der Waals surface area (Å²) in [5.74, 6) is 0.102. The highest BCUT2D eigenvalue weighted by Gasteiger charge is 2.16. The van der Waals surface area contributed by atoms with E-state index in [-0.39, 0.29) is 23.0 Å². The number of nitrogens with zero attached hydrogens (tertiary/aromatic N) is 1. The van der Waals surface area contributed by atoms with Crippen LogP contribution in [0.25, 0.3) is 0 Å². The molecule has 1 N–H and O–H groups in total. The van der Waals surface area contributed by atoms with E-state index in [1.165, 1.54) is 17.2 Å². The molecule has 0 fully saturated rings. The summed E-state index contributed by atoms with van der Waals surface area (Å²) in [5, 5.41) is 2.97. The molecule has 4 rings (SSSR count). The van der Waals surface area contributed by atoms with Crippen LogP contribution in [0.4, 0.5) is 0 Å². The number of nitrogens with one attached hydrogen (secondary N) is 1. The lowest BCUT2D eigenvalue weighted by Crippen LogP contribution is -2.29. The zero-order valence-corrected chi connectivity index (χ0v) is 19.2. The number of carbonyl (C=O) groups is 1. The molecule has 1 aromatic heterocycles. The standard InChI is InChI=1S/C29H28N2O3/c1-31-20-28(34-21-22-11-5-2-6-12-22)27(32)19-26(31)29(33)30-18-17-25(23-13-7-3-8-14-23)24-15-9-4-10-16-24/h2-16,19-20,25H,17-18,21H2,1H3,(H,30,33). The summed E-state index contributed by atoms with van der Waals surface area (Å²) in [5.41, 5.74) is 3.36. The van der Waals surface area contributed by atoms with E-state index in [9.17, 15) is 9.59 Å². The van der Waals surface area contributed by atoms with Crippen LogP contribution in [0.2, 0.25) is 0 Å². The molecule has 0 bridgehead atoms. The van der Waals surface area contributed by atoms with Gasteiger partial charge in [-0.1, -0.05) is 91.0 Å². The highest BCUT2D eigenvalue weighted by Crippen LogP contribution is 2.27. The Hall–Kier alpha value is -4.12. The first-order chi connectivity index (χ1) is 16.6. The Labute approximate surface area is 199 Å². The van der Waals surface area contributed by atoms with Crippen LogP contribution in [0.15, 0.2) is 108 Å². The molecule has 3 aromatic carbocycles. The van der Waals surface area contributed by atoms with Crippen LogP contribution in [0.1, 0.15) is 39.5 Å². The lowest BCUT2D eigenvalue weighted by atomic mass is 9.88. The number of amides is 1. The largest absolute Gasteiger partial charge is 0.483 e. The number of benzene rings is 3. The van der Waals surface area contributed by atoms with Crippen molar-refractivity contribution in [3.63, 3.8) is 0 Å². The summed E-state index contributed by atoms with van der Waals surface area (Å²) < 4.78 is 7.31. The molecule has 4 aromatic rings. The average molecular weight is 453 g/mol. The highest BCUT2D eigenvalue weighted by atomic mass is 16.5. The average Bonchev–Trinajstić information content (AvgIpc) is 2.88. The van der Waals surface area contributed by atoms with Crippen molar-refractivity contribution in [3.8, 4) is 5.75 Å². The number of aromatic nitrogens is 1. The molecule has 0 saturated carbocycles. The van der Waals surface area contributed by atoms with Crippen LogP contribution in [0.5, 0.6) is 5.75 Å². The van der Waals surface area contributed by atoms with Crippen LogP contribution < -0.4 is 15.5 Å². The molecule has 0 saturated heterocycles. The minimum atomic E-state index is -0.314. The second kappa shape index (κ2) is 11.1. The third-order valence-corrected chi connectivity index (χ3v) is 5.79. The predicted octanol–water partition coefficient (Wildman–Crippen LogP) is 4.92. The van der Waals surface area contributed by atoms with Crippen LogP contribution >= 0.6 is 0 Å². The van der Waals surface area contributed by atoms with Gasteiger partial charge in [0.25, 0.3) is 5.91 Å². The summed E-state index contributed by atoms with van der Waals surface area (Å²) in [6.07, 6.45) is 2.31.